The van der Waals surface area contributed by atoms with Crippen LogP contribution in [0.4, 0.5) is 0 Å². The average Bonchev–Trinajstić information content (AvgIpc) is 2.76. The van der Waals surface area contributed by atoms with Crippen molar-refractivity contribution in [2.24, 2.45) is 18.2 Å². The summed E-state index contributed by atoms with van der Waals surface area (Å²) < 4.78 is 7.39. The predicted octanol–water partition coefficient (Wildman–Crippen LogP) is 2.18. The van der Waals surface area contributed by atoms with Crippen molar-refractivity contribution < 1.29 is 9.53 Å². The molecule has 1 aromatic rings. The Hall–Kier alpha value is -2.55. The van der Waals surface area contributed by atoms with E-state index in [1.165, 1.54) is 0 Å². The molecule has 2 heterocycles. The quantitative estimate of drug-likeness (QED) is 0.857. The van der Waals surface area contributed by atoms with Crippen LogP contribution in [0, 0.1) is 23.7 Å². The SMILES string of the molecule is Cc1c([C@H]2C(C#N)=C(N)OC3=C2C(=O)CC(C)(C)C3)cnn1C. The molecule has 0 saturated carbocycles. The van der Waals surface area contributed by atoms with Gasteiger partial charge in [0.05, 0.1) is 12.1 Å². The Labute approximate surface area is 135 Å². The average molecular weight is 312 g/mol. The molecule has 6 nitrogen and oxygen atoms in total. The van der Waals surface area contributed by atoms with Gasteiger partial charge in [0.25, 0.3) is 0 Å². The number of nitrogens with zero attached hydrogens (tertiary/aromatic N) is 3. The Morgan fingerprint density at radius 1 is 1.48 bits per heavy atom. The van der Waals surface area contributed by atoms with Crippen LogP contribution >= 0.6 is 0 Å². The number of aryl methyl sites for hydroxylation is 1. The molecule has 0 aromatic carbocycles. The molecule has 0 fully saturated rings. The molecule has 0 unspecified atom stereocenters. The van der Waals surface area contributed by atoms with Crippen LogP contribution in [0.2, 0.25) is 0 Å². The third kappa shape index (κ3) is 2.33. The van der Waals surface area contributed by atoms with Gasteiger partial charge in [-0.25, -0.2) is 0 Å². The number of allylic oxidation sites excluding steroid dienone is 3. The number of carbonyl (C=O) groups is 1. The van der Waals surface area contributed by atoms with Crippen LogP contribution < -0.4 is 5.73 Å². The summed E-state index contributed by atoms with van der Waals surface area (Å²) in [4.78, 5) is 12.8. The summed E-state index contributed by atoms with van der Waals surface area (Å²) >= 11 is 0. The molecule has 1 atom stereocenters. The van der Waals surface area contributed by atoms with Gasteiger partial charge in [0.2, 0.25) is 5.88 Å². The molecule has 0 radical (unpaired) electrons. The van der Waals surface area contributed by atoms with Crippen molar-refractivity contribution in [3.8, 4) is 6.07 Å². The summed E-state index contributed by atoms with van der Waals surface area (Å²) in [5.41, 5.74) is 8.39. The molecule has 1 aliphatic heterocycles. The highest BCUT2D eigenvalue weighted by Crippen LogP contribution is 2.48. The number of carbonyl (C=O) groups excluding carboxylic acids is 1. The number of ketones is 1. The Balaban J connectivity index is 2.22. The Kier molecular flexibility index (Phi) is 3.33. The lowest BCUT2D eigenvalue weighted by molar-refractivity contribution is -0.119. The zero-order chi connectivity index (χ0) is 16.9. The highest BCUT2D eigenvalue weighted by Gasteiger charge is 2.43. The van der Waals surface area contributed by atoms with Crippen LogP contribution in [0.15, 0.2) is 29.0 Å². The van der Waals surface area contributed by atoms with Crippen LogP contribution in [0.5, 0.6) is 0 Å². The predicted molar refractivity (Wildman–Crippen MR) is 83.6 cm³/mol. The number of nitriles is 1. The molecule has 6 heteroatoms. The zero-order valence-corrected chi connectivity index (χ0v) is 13.8. The Morgan fingerprint density at radius 2 is 2.17 bits per heavy atom. The monoisotopic (exact) mass is 312 g/mol. The maximum Gasteiger partial charge on any atom is 0.205 e. The van der Waals surface area contributed by atoms with Crippen molar-refractivity contribution in [1.82, 2.24) is 9.78 Å². The van der Waals surface area contributed by atoms with Crippen molar-refractivity contribution in [1.29, 1.82) is 5.26 Å². The minimum Gasteiger partial charge on any atom is -0.444 e. The molecular formula is C17H20N4O2. The first kappa shape index (κ1) is 15.3. The topological polar surface area (TPSA) is 93.9 Å². The molecule has 23 heavy (non-hydrogen) atoms. The third-order valence-electron chi connectivity index (χ3n) is 4.66. The Morgan fingerprint density at radius 3 is 2.74 bits per heavy atom. The van der Waals surface area contributed by atoms with Gasteiger partial charge in [-0.3, -0.25) is 9.48 Å². The van der Waals surface area contributed by atoms with Crippen molar-refractivity contribution in [3.05, 3.63) is 40.2 Å². The molecule has 0 saturated heterocycles. The molecule has 3 rings (SSSR count). The summed E-state index contributed by atoms with van der Waals surface area (Å²) in [7, 11) is 1.83. The van der Waals surface area contributed by atoms with E-state index in [0.29, 0.717) is 24.2 Å². The molecule has 0 amide bonds. The molecule has 0 bridgehead atoms. The van der Waals surface area contributed by atoms with Gasteiger partial charge < -0.3 is 10.5 Å². The molecule has 120 valence electrons. The minimum absolute atomic E-state index is 0.0183. The van der Waals surface area contributed by atoms with Crippen molar-refractivity contribution in [3.63, 3.8) is 0 Å². The number of hydrogen-bond acceptors (Lipinski definition) is 5. The number of Topliss-reactive ketones (excluding diaryl/α,β-unsaturated/α-hetero) is 1. The third-order valence-corrected chi connectivity index (χ3v) is 4.66. The number of nitrogens with two attached hydrogens (primary N) is 1. The highest BCUT2D eigenvalue weighted by molar-refractivity contribution is 6.00. The standard InChI is InChI=1S/C17H20N4O2/c1-9-11(8-20-21(9)4)14-10(7-18)16(19)23-13-6-17(2,3)5-12(22)15(13)14/h8,14H,5-6,19H2,1-4H3/t14-/m1/s1. The normalized spacial score (nSPS) is 23.4. The van der Waals surface area contributed by atoms with Gasteiger partial charge in [-0.15, -0.1) is 0 Å². The molecule has 1 aromatic heterocycles. The highest BCUT2D eigenvalue weighted by atomic mass is 16.5. The molecule has 0 spiro atoms. The van der Waals surface area contributed by atoms with Gasteiger partial charge in [-0.2, -0.15) is 10.4 Å². The second-order valence-electron chi connectivity index (χ2n) is 7.01. The minimum atomic E-state index is -0.485. The first-order valence-electron chi connectivity index (χ1n) is 7.57. The lowest BCUT2D eigenvalue weighted by Crippen LogP contribution is -2.33. The number of ether oxygens (including phenoxy) is 1. The van der Waals surface area contributed by atoms with Crippen molar-refractivity contribution >= 4 is 5.78 Å². The number of aromatic nitrogens is 2. The summed E-state index contributed by atoms with van der Waals surface area (Å²) in [6, 6.07) is 2.12. The van der Waals surface area contributed by atoms with Gasteiger partial charge in [0, 0.05) is 36.7 Å². The molecular weight excluding hydrogens is 292 g/mol. The van der Waals surface area contributed by atoms with Crippen LogP contribution in [0.1, 0.15) is 43.9 Å². The maximum absolute atomic E-state index is 12.8. The largest absolute Gasteiger partial charge is 0.444 e. The molecule has 1 aliphatic carbocycles. The smallest absolute Gasteiger partial charge is 0.205 e. The number of hydrogen-bond donors (Lipinski definition) is 1. The number of rotatable bonds is 1. The zero-order valence-electron chi connectivity index (χ0n) is 13.8. The van der Waals surface area contributed by atoms with Gasteiger partial charge in [0.1, 0.15) is 17.4 Å². The van der Waals surface area contributed by atoms with Crippen LogP contribution in [0.3, 0.4) is 0 Å². The van der Waals surface area contributed by atoms with E-state index >= 15 is 0 Å². The lowest BCUT2D eigenvalue weighted by atomic mass is 9.70. The van der Waals surface area contributed by atoms with E-state index in [1.54, 1.807) is 10.9 Å². The van der Waals surface area contributed by atoms with E-state index in [1.807, 2.05) is 27.8 Å². The first-order valence-corrected chi connectivity index (χ1v) is 7.57. The van der Waals surface area contributed by atoms with E-state index in [0.717, 1.165) is 11.3 Å². The second kappa shape index (κ2) is 4.98. The van der Waals surface area contributed by atoms with E-state index in [2.05, 4.69) is 11.2 Å². The fourth-order valence-corrected chi connectivity index (χ4v) is 3.39. The van der Waals surface area contributed by atoms with Crippen LogP contribution in [-0.2, 0) is 16.6 Å². The molecule has 2 aliphatic rings. The lowest BCUT2D eigenvalue weighted by Gasteiger charge is -2.37. The van der Waals surface area contributed by atoms with Gasteiger partial charge in [-0.05, 0) is 12.3 Å². The summed E-state index contributed by atoms with van der Waals surface area (Å²) in [6.45, 7) is 5.98. The summed E-state index contributed by atoms with van der Waals surface area (Å²) in [6.07, 6.45) is 2.76. The van der Waals surface area contributed by atoms with E-state index in [-0.39, 0.29) is 22.7 Å². The van der Waals surface area contributed by atoms with Crippen molar-refractivity contribution in [2.45, 2.75) is 39.5 Å². The van der Waals surface area contributed by atoms with Gasteiger partial charge in [0.15, 0.2) is 5.78 Å². The van der Waals surface area contributed by atoms with Gasteiger partial charge in [-0.1, -0.05) is 13.8 Å². The first-order chi connectivity index (χ1) is 10.7. The van der Waals surface area contributed by atoms with E-state index in [4.69, 9.17) is 10.5 Å². The van der Waals surface area contributed by atoms with E-state index < -0.39 is 5.92 Å². The molecule has 2 N–H and O–H groups in total. The fraction of sp³-hybridized carbons (Fsp3) is 0.471. The second-order valence-corrected chi connectivity index (χ2v) is 7.01. The maximum atomic E-state index is 12.8. The Bertz CT molecular complexity index is 805. The summed E-state index contributed by atoms with van der Waals surface area (Å²) in [5.74, 6) is 0.215. The van der Waals surface area contributed by atoms with Crippen LogP contribution in [-0.4, -0.2) is 15.6 Å². The van der Waals surface area contributed by atoms with Crippen molar-refractivity contribution in [2.75, 3.05) is 0 Å². The fourth-order valence-electron chi connectivity index (χ4n) is 3.39. The van der Waals surface area contributed by atoms with Gasteiger partial charge >= 0.3 is 0 Å². The summed E-state index contributed by atoms with van der Waals surface area (Å²) in [5, 5.41) is 13.8. The van der Waals surface area contributed by atoms with E-state index in [9.17, 15) is 10.1 Å². The van der Waals surface area contributed by atoms with Crippen LogP contribution in [0.25, 0.3) is 0 Å².